The molecule has 1 N–H and O–H groups in total. The van der Waals surface area contributed by atoms with Gasteiger partial charge in [-0.3, -0.25) is 4.79 Å². The van der Waals surface area contributed by atoms with E-state index in [-0.39, 0.29) is 5.91 Å². The van der Waals surface area contributed by atoms with Crippen LogP contribution in [0.15, 0.2) is 59.1 Å². The van der Waals surface area contributed by atoms with Gasteiger partial charge < -0.3 is 10.2 Å². The van der Waals surface area contributed by atoms with E-state index < -0.39 is 0 Å². The molecule has 1 aliphatic heterocycles. The van der Waals surface area contributed by atoms with Gasteiger partial charge in [0, 0.05) is 30.2 Å². The molecule has 2 aromatic rings. The number of halogens is 1. The number of aryl methyl sites for hydroxylation is 1. The van der Waals surface area contributed by atoms with Gasteiger partial charge in [0.1, 0.15) is 0 Å². The minimum Gasteiger partial charge on any atom is -0.339 e. The summed E-state index contributed by atoms with van der Waals surface area (Å²) in [6, 6.07) is 16.6. The Balaban J connectivity index is 1.38. The molecule has 1 aliphatic rings. The van der Waals surface area contributed by atoms with Gasteiger partial charge in [0.05, 0.1) is 0 Å². The third-order valence-electron chi connectivity index (χ3n) is 5.10. The van der Waals surface area contributed by atoms with Crippen molar-refractivity contribution in [2.75, 3.05) is 19.6 Å². The van der Waals surface area contributed by atoms with Crippen molar-refractivity contribution in [3.8, 4) is 0 Å². The zero-order valence-electron chi connectivity index (χ0n) is 15.8. The van der Waals surface area contributed by atoms with Crippen LogP contribution in [0, 0.1) is 12.8 Å². The lowest BCUT2D eigenvalue weighted by molar-refractivity contribution is -0.127. The summed E-state index contributed by atoms with van der Waals surface area (Å²) in [5.74, 6) is 0.763. The highest BCUT2D eigenvalue weighted by molar-refractivity contribution is 9.10. The summed E-state index contributed by atoms with van der Waals surface area (Å²) in [6.07, 6.45) is 5.72. The lowest BCUT2D eigenvalue weighted by atomic mass is 9.96. The summed E-state index contributed by atoms with van der Waals surface area (Å²) in [4.78, 5) is 14.3. The Bertz CT molecular complexity index is 760. The first-order chi connectivity index (χ1) is 13.1. The Hall–Kier alpha value is -1.91. The molecule has 0 aromatic heterocycles. The Kier molecular flexibility index (Phi) is 7.25. The van der Waals surface area contributed by atoms with Crippen LogP contribution < -0.4 is 5.32 Å². The number of hydrogen-bond acceptors (Lipinski definition) is 2. The predicted molar refractivity (Wildman–Crippen MR) is 115 cm³/mol. The monoisotopic (exact) mass is 426 g/mol. The number of hydrogen-bond donors (Lipinski definition) is 1. The van der Waals surface area contributed by atoms with Gasteiger partial charge in [-0.05, 0) is 61.6 Å². The van der Waals surface area contributed by atoms with Gasteiger partial charge in [-0.1, -0.05) is 57.9 Å². The maximum Gasteiger partial charge on any atom is 0.246 e. The first-order valence-corrected chi connectivity index (χ1v) is 10.4. The van der Waals surface area contributed by atoms with Gasteiger partial charge in [0.25, 0.3) is 0 Å². The molecule has 0 spiro atoms. The minimum atomic E-state index is 0.115. The average molecular weight is 427 g/mol. The number of nitrogens with zero attached hydrogens (tertiary/aromatic N) is 1. The van der Waals surface area contributed by atoms with Crippen molar-refractivity contribution in [2.24, 2.45) is 5.92 Å². The van der Waals surface area contributed by atoms with Crippen molar-refractivity contribution in [1.29, 1.82) is 0 Å². The molecule has 0 radical (unpaired) electrons. The molecule has 0 unspecified atom stereocenters. The van der Waals surface area contributed by atoms with Crippen molar-refractivity contribution in [1.82, 2.24) is 10.2 Å². The lowest BCUT2D eigenvalue weighted by Crippen LogP contribution is -2.40. The molecule has 0 saturated carbocycles. The van der Waals surface area contributed by atoms with Crippen LogP contribution in [0.2, 0.25) is 0 Å². The van der Waals surface area contributed by atoms with E-state index >= 15 is 0 Å². The van der Waals surface area contributed by atoms with E-state index in [0.717, 1.165) is 49.1 Å². The van der Waals surface area contributed by atoms with Crippen molar-refractivity contribution < 1.29 is 4.79 Å². The summed E-state index contributed by atoms with van der Waals surface area (Å²) in [7, 11) is 0. The third kappa shape index (κ3) is 6.33. The molecule has 2 aromatic carbocycles. The van der Waals surface area contributed by atoms with E-state index in [4.69, 9.17) is 0 Å². The topological polar surface area (TPSA) is 32.3 Å². The Morgan fingerprint density at radius 2 is 1.78 bits per heavy atom. The summed E-state index contributed by atoms with van der Waals surface area (Å²) in [6.45, 7) is 5.74. The highest BCUT2D eigenvalue weighted by Crippen LogP contribution is 2.17. The number of likely N-dealkylation sites (tertiary alicyclic amines) is 1. The van der Waals surface area contributed by atoms with Gasteiger partial charge in [-0.2, -0.15) is 0 Å². The number of benzene rings is 2. The molecule has 4 heteroatoms. The summed E-state index contributed by atoms with van der Waals surface area (Å²) in [5.41, 5.74) is 3.66. The van der Waals surface area contributed by atoms with Crippen molar-refractivity contribution in [3.05, 3.63) is 75.8 Å². The molecule has 0 bridgehead atoms. The van der Waals surface area contributed by atoms with Crippen LogP contribution >= 0.6 is 15.9 Å². The third-order valence-corrected chi connectivity index (χ3v) is 5.63. The Morgan fingerprint density at radius 3 is 2.44 bits per heavy atom. The second-order valence-corrected chi connectivity index (χ2v) is 8.19. The van der Waals surface area contributed by atoms with Crippen LogP contribution in [-0.4, -0.2) is 30.4 Å². The number of rotatable bonds is 6. The van der Waals surface area contributed by atoms with Crippen LogP contribution in [0.4, 0.5) is 0 Å². The van der Waals surface area contributed by atoms with Gasteiger partial charge in [-0.25, -0.2) is 0 Å². The molecule has 27 heavy (non-hydrogen) atoms. The second kappa shape index (κ2) is 9.86. The fourth-order valence-electron chi connectivity index (χ4n) is 3.33. The van der Waals surface area contributed by atoms with Gasteiger partial charge in [-0.15, -0.1) is 0 Å². The van der Waals surface area contributed by atoms with Crippen molar-refractivity contribution in [2.45, 2.75) is 26.3 Å². The van der Waals surface area contributed by atoms with Gasteiger partial charge in [0.2, 0.25) is 5.91 Å². The second-order valence-electron chi connectivity index (χ2n) is 7.27. The molecular formula is C23H27BrN2O. The molecule has 3 rings (SSSR count). The molecule has 1 saturated heterocycles. The van der Waals surface area contributed by atoms with E-state index in [2.05, 4.69) is 52.4 Å². The first-order valence-electron chi connectivity index (χ1n) is 9.59. The van der Waals surface area contributed by atoms with E-state index in [0.29, 0.717) is 5.92 Å². The molecule has 142 valence electrons. The van der Waals surface area contributed by atoms with Crippen molar-refractivity contribution >= 4 is 27.9 Å². The molecule has 3 nitrogen and oxygen atoms in total. The standard InChI is InChI=1S/C23H27BrN2O/c1-18-2-4-20(5-3-18)16-25-17-21-12-14-26(15-13-21)23(27)11-8-19-6-9-22(24)10-7-19/h2-11,21,25H,12-17H2,1H3/b11-8+. The summed E-state index contributed by atoms with van der Waals surface area (Å²) in [5, 5.41) is 3.56. The van der Waals surface area contributed by atoms with E-state index in [9.17, 15) is 4.79 Å². The van der Waals surface area contributed by atoms with Crippen LogP contribution in [-0.2, 0) is 11.3 Å². The highest BCUT2D eigenvalue weighted by atomic mass is 79.9. The Labute approximate surface area is 170 Å². The quantitative estimate of drug-likeness (QED) is 0.672. The van der Waals surface area contributed by atoms with E-state index in [1.165, 1.54) is 11.1 Å². The van der Waals surface area contributed by atoms with E-state index in [1.807, 2.05) is 35.2 Å². The van der Waals surface area contributed by atoms with Gasteiger partial charge >= 0.3 is 0 Å². The maximum atomic E-state index is 12.4. The minimum absolute atomic E-state index is 0.115. The van der Waals surface area contributed by atoms with Crippen LogP contribution in [0.25, 0.3) is 6.08 Å². The van der Waals surface area contributed by atoms with Crippen molar-refractivity contribution in [3.63, 3.8) is 0 Å². The lowest BCUT2D eigenvalue weighted by Gasteiger charge is -2.31. The number of carbonyl (C=O) groups is 1. The smallest absolute Gasteiger partial charge is 0.246 e. The normalized spacial score (nSPS) is 15.4. The van der Waals surface area contributed by atoms with Crippen LogP contribution in [0.5, 0.6) is 0 Å². The molecule has 1 fully saturated rings. The molecule has 0 aliphatic carbocycles. The Morgan fingerprint density at radius 1 is 1.11 bits per heavy atom. The van der Waals surface area contributed by atoms with Crippen LogP contribution in [0.1, 0.15) is 29.5 Å². The fourth-order valence-corrected chi connectivity index (χ4v) is 3.60. The average Bonchev–Trinajstić information content (AvgIpc) is 2.69. The molecule has 0 atom stereocenters. The molecule has 1 amide bonds. The first kappa shape index (κ1) is 19.8. The number of amides is 1. The molecular weight excluding hydrogens is 400 g/mol. The highest BCUT2D eigenvalue weighted by Gasteiger charge is 2.21. The zero-order valence-corrected chi connectivity index (χ0v) is 17.4. The number of piperidine rings is 1. The zero-order chi connectivity index (χ0) is 19.1. The van der Waals surface area contributed by atoms with Crippen LogP contribution in [0.3, 0.4) is 0 Å². The fraction of sp³-hybridized carbons (Fsp3) is 0.348. The number of carbonyl (C=O) groups excluding carboxylic acids is 1. The molecule has 1 heterocycles. The largest absolute Gasteiger partial charge is 0.339 e. The predicted octanol–water partition coefficient (Wildman–Crippen LogP) is 4.80. The van der Waals surface area contributed by atoms with Gasteiger partial charge in [0.15, 0.2) is 0 Å². The maximum absolute atomic E-state index is 12.4. The summed E-state index contributed by atoms with van der Waals surface area (Å²) < 4.78 is 1.05. The number of nitrogens with one attached hydrogen (secondary N) is 1. The summed E-state index contributed by atoms with van der Waals surface area (Å²) >= 11 is 3.42. The van der Waals surface area contributed by atoms with E-state index in [1.54, 1.807) is 6.08 Å². The SMILES string of the molecule is Cc1ccc(CNCC2CCN(C(=O)/C=C/c3ccc(Br)cc3)CC2)cc1.